The maximum atomic E-state index is 13.4. The lowest BCUT2D eigenvalue weighted by Crippen LogP contribution is -2.60. The Kier molecular flexibility index (Phi) is 7.50. The molecule has 1 unspecified atom stereocenters. The van der Waals surface area contributed by atoms with Crippen molar-refractivity contribution in [1.82, 2.24) is 5.32 Å². The second-order valence-corrected chi connectivity index (χ2v) is 7.65. The predicted octanol–water partition coefficient (Wildman–Crippen LogP) is 4.09. The van der Waals surface area contributed by atoms with Crippen LogP contribution in [0, 0.1) is 0 Å². The molecule has 3 rings (SSSR count). The van der Waals surface area contributed by atoms with Crippen molar-refractivity contribution in [2.24, 2.45) is 0 Å². The van der Waals surface area contributed by atoms with Crippen molar-refractivity contribution < 1.29 is 18.7 Å². The Morgan fingerprint density at radius 2 is 1.74 bits per heavy atom. The lowest BCUT2D eigenvalue weighted by atomic mass is 9.77. The number of halogens is 1. The molecule has 2 amide bonds. The normalized spacial score (nSPS) is 17.4. The van der Waals surface area contributed by atoms with Crippen LogP contribution in [-0.4, -0.2) is 43.9 Å². The van der Waals surface area contributed by atoms with E-state index < -0.39 is 18.3 Å². The highest BCUT2D eigenvalue weighted by atomic mass is 19.1. The van der Waals surface area contributed by atoms with Crippen molar-refractivity contribution >= 4 is 23.4 Å². The largest absolute Gasteiger partial charge is 0.447 e. The minimum atomic E-state index is -1.17. The summed E-state index contributed by atoms with van der Waals surface area (Å²) in [6, 6.07) is 15.5. The fraction of sp³-hybridized carbons (Fsp3) is 0.417. The van der Waals surface area contributed by atoms with Crippen LogP contribution in [0.5, 0.6) is 0 Å². The van der Waals surface area contributed by atoms with E-state index in [1.807, 2.05) is 48.5 Å². The molecule has 2 aromatic rings. The molecule has 0 aliphatic heterocycles. The Balaban J connectivity index is 1.80. The molecule has 0 heterocycles. The number of alkyl halides is 1. The molecule has 7 heteroatoms. The second-order valence-electron chi connectivity index (χ2n) is 7.65. The summed E-state index contributed by atoms with van der Waals surface area (Å²) in [6.07, 6.45) is 0.632. The molecule has 0 radical (unpaired) electrons. The first kappa shape index (κ1) is 22.6. The van der Waals surface area contributed by atoms with Gasteiger partial charge in [-0.25, -0.2) is 9.18 Å². The number of aryl methyl sites for hydroxylation is 1. The number of ether oxygens (including phenoxy) is 1. The van der Waals surface area contributed by atoms with E-state index in [1.54, 1.807) is 0 Å². The third-order valence-electron chi connectivity index (χ3n) is 5.77. The highest BCUT2D eigenvalue weighted by Crippen LogP contribution is 2.30. The van der Waals surface area contributed by atoms with Crippen LogP contribution in [0.25, 0.3) is 0 Å². The number of fused-ring (bicyclic) bond motifs is 1. The number of nitrogens with one attached hydrogen (secondary N) is 2. The van der Waals surface area contributed by atoms with E-state index in [0.29, 0.717) is 24.9 Å². The van der Waals surface area contributed by atoms with Crippen LogP contribution in [0.2, 0.25) is 0 Å². The Morgan fingerprint density at radius 1 is 1.06 bits per heavy atom. The first-order valence-electron chi connectivity index (χ1n) is 10.8. The zero-order valence-electron chi connectivity index (χ0n) is 18.1. The van der Waals surface area contributed by atoms with E-state index in [-0.39, 0.29) is 12.5 Å². The molecule has 166 valence electrons. The van der Waals surface area contributed by atoms with Gasteiger partial charge < -0.3 is 20.3 Å². The number of anilines is 2. The Morgan fingerprint density at radius 3 is 2.39 bits per heavy atom. The van der Waals surface area contributed by atoms with Gasteiger partial charge in [-0.1, -0.05) is 24.3 Å². The minimum Gasteiger partial charge on any atom is -0.447 e. The van der Waals surface area contributed by atoms with Gasteiger partial charge in [-0.05, 0) is 62.1 Å². The number of rotatable bonds is 8. The van der Waals surface area contributed by atoms with E-state index in [2.05, 4.69) is 29.4 Å². The zero-order valence-corrected chi connectivity index (χ0v) is 18.1. The van der Waals surface area contributed by atoms with Crippen molar-refractivity contribution in [3.63, 3.8) is 0 Å². The predicted molar refractivity (Wildman–Crippen MR) is 120 cm³/mol. The fourth-order valence-electron chi connectivity index (χ4n) is 4.05. The SMILES string of the molecule is CCN(CC)c1ccc(NC(=O)C2(NC(=O)OCCF)CCc3ccccc3C2)cc1. The number of hydrogen-bond acceptors (Lipinski definition) is 4. The van der Waals surface area contributed by atoms with Crippen LogP contribution in [0.15, 0.2) is 48.5 Å². The van der Waals surface area contributed by atoms with Crippen molar-refractivity contribution in [2.75, 3.05) is 36.6 Å². The summed E-state index contributed by atoms with van der Waals surface area (Å²) in [5, 5.41) is 5.67. The highest BCUT2D eigenvalue weighted by Gasteiger charge is 2.43. The first-order chi connectivity index (χ1) is 15.0. The molecular formula is C24H30FN3O3. The lowest BCUT2D eigenvalue weighted by molar-refractivity contribution is -0.122. The third kappa shape index (κ3) is 5.34. The number of nitrogens with zero attached hydrogens (tertiary/aromatic N) is 1. The van der Waals surface area contributed by atoms with Crippen molar-refractivity contribution in [3.8, 4) is 0 Å². The molecular weight excluding hydrogens is 397 g/mol. The highest BCUT2D eigenvalue weighted by molar-refractivity contribution is 6.00. The van der Waals surface area contributed by atoms with Gasteiger partial charge in [0.2, 0.25) is 0 Å². The van der Waals surface area contributed by atoms with E-state index in [4.69, 9.17) is 4.74 Å². The monoisotopic (exact) mass is 427 g/mol. The van der Waals surface area contributed by atoms with Gasteiger partial charge in [0.05, 0.1) is 0 Å². The topological polar surface area (TPSA) is 70.7 Å². The second kappa shape index (κ2) is 10.3. The summed E-state index contributed by atoms with van der Waals surface area (Å²) >= 11 is 0. The Hall–Kier alpha value is -3.09. The molecule has 1 aliphatic carbocycles. The van der Waals surface area contributed by atoms with Gasteiger partial charge in [-0.2, -0.15) is 0 Å². The summed E-state index contributed by atoms with van der Waals surface area (Å²) in [7, 11) is 0. The van der Waals surface area contributed by atoms with Gasteiger partial charge in [0.1, 0.15) is 18.8 Å². The number of hydrogen-bond donors (Lipinski definition) is 2. The quantitative estimate of drug-likeness (QED) is 0.666. The van der Waals surface area contributed by atoms with E-state index >= 15 is 0 Å². The van der Waals surface area contributed by atoms with E-state index in [1.165, 1.54) is 0 Å². The van der Waals surface area contributed by atoms with Crippen LogP contribution < -0.4 is 15.5 Å². The fourth-order valence-corrected chi connectivity index (χ4v) is 4.05. The van der Waals surface area contributed by atoms with Gasteiger partial charge in [0, 0.05) is 30.9 Å². The average molecular weight is 428 g/mol. The first-order valence-corrected chi connectivity index (χ1v) is 10.8. The number of benzene rings is 2. The molecule has 0 aromatic heterocycles. The van der Waals surface area contributed by atoms with Crippen LogP contribution >= 0.6 is 0 Å². The molecule has 0 fully saturated rings. The van der Waals surface area contributed by atoms with Gasteiger partial charge in [-0.15, -0.1) is 0 Å². The summed E-state index contributed by atoms with van der Waals surface area (Å²) in [5.74, 6) is -0.310. The molecule has 0 saturated heterocycles. The molecule has 0 bridgehead atoms. The number of amides is 2. The molecule has 2 aromatic carbocycles. The molecule has 0 saturated carbocycles. The molecule has 1 atom stereocenters. The third-order valence-corrected chi connectivity index (χ3v) is 5.77. The number of carbonyl (C=O) groups is 2. The Bertz CT molecular complexity index is 899. The van der Waals surface area contributed by atoms with Gasteiger partial charge in [-0.3, -0.25) is 4.79 Å². The van der Waals surface area contributed by atoms with Crippen molar-refractivity contribution in [2.45, 2.75) is 38.6 Å². The summed E-state index contributed by atoms with van der Waals surface area (Å²) in [6.45, 7) is 4.88. The van der Waals surface area contributed by atoms with Crippen LogP contribution in [0.4, 0.5) is 20.6 Å². The molecule has 6 nitrogen and oxygen atoms in total. The lowest BCUT2D eigenvalue weighted by Gasteiger charge is -2.37. The van der Waals surface area contributed by atoms with Gasteiger partial charge >= 0.3 is 6.09 Å². The summed E-state index contributed by atoms with van der Waals surface area (Å²) in [5.41, 5.74) is 2.73. The molecule has 31 heavy (non-hydrogen) atoms. The summed E-state index contributed by atoms with van der Waals surface area (Å²) in [4.78, 5) is 27.8. The maximum Gasteiger partial charge on any atom is 0.408 e. The smallest absolute Gasteiger partial charge is 0.408 e. The maximum absolute atomic E-state index is 13.4. The molecule has 0 spiro atoms. The number of alkyl carbamates (subject to hydrolysis) is 1. The Labute approximate surface area is 182 Å². The van der Waals surface area contributed by atoms with Gasteiger partial charge in [0.15, 0.2) is 0 Å². The minimum absolute atomic E-state index is 0.310. The van der Waals surface area contributed by atoms with Crippen LogP contribution in [0.3, 0.4) is 0 Å². The summed E-state index contributed by atoms with van der Waals surface area (Å²) < 4.78 is 17.3. The van der Waals surface area contributed by atoms with Crippen molar-refractivity contribution in [3.05, 3.63) is 59.7 Å². The zero-order chi connectivity index (χ0) is 22.3. The molecule has 2 N–H and O–H groups in total. The number of carbonyl (C=O) groups excluding carboxylic acids is 2. The standard InChI is InChI=1S/C24H30FN3O3/c1-3-28(4-2)21-11-9-20(10-12-21)26-22(29)24(27-23(30)31-16-15-25)14-13-18-7-5-6-8-19(18)17-24/h5-12H,3-4,13-17H2,1-2H3,(H,26,29)(H,27,30). The van der Waals surface area contributed by atoms with Crippen LogP contribution in [-0.2, 0) is 22.4 Å². The molecule has 1 aliphatic rings. The van der Waals surface area contributed by atoms with Gasteiger partial charge in [0.25, 0.3) is 5.91 Å². The van der Waals surface area contributed by atoms with Crippen molar-refractivity contribution in [1.29, 1.82) is 0 Å². The average Bonchev–Trinajstić information content (AvgIpc) is 2.79. The van der Waals surface area contributed by atoms with E-state index in [9.17, 15) is 14.0 Å². The van der Waals surface area contributed by atoms with E-state index in [0.717, 1.165) is 29.9 Å². The van der Waals surface area contributed by atoms with Crippen LogP contribution in [0.1, 0.15) is 31.4 Å².